The van der Waals surface area contributed by atoms with Gasteiger partial charge in [-0.2, -0.15) is 0 Å². The lowest BCUT2D eigenvalue weighted by atomic mass is 9.81. The second-order valence-corrected chi connectivity index (χ2v) is 9.33. The number of nitrogens with zero attached hydrogens (tertiary/aromatic N) is 3. The minimum Gasteiger partial charge on any atom is -0.494 e. The van der Waals surface area contributed by atoms with Gasteiger partial charge in [-0.15, -0.1) is 0 Å². The molecule has 4 heterocycles. The Morgan fingerprint density at radius 1 is 1.06 bits per heavy atom. The highest BCUT2D eigenvalue weighted by atomic mass is 16.5. The van der Waals surface area contributed by atoms with E-state index in [0.29, 0.717) is 12.0 Å². The molecular weight excluding hydrogens is 400 g/mol. The van der Waals surface area contributed by atoms with Crippen LogP contribution in [-0.4, -0.2) is 72.3 Å². The van der Waals surface area contributed by atoms with E-state index in [4.69, 9.17) is 9.47 Å². The van der Waals surface area contributed by atoms with Gasteiger partial charge in [0.25, 0.3) is 0 Å². The summed E-state index contributed by atoms with van der Waals surface area (Å²) in [6, 6.07) is 14.0. The molecule has 2 atom stereocenters. The van der Waals surface area contributed by atoms with Crippen molar-refractivity contribution in [3.63, 3.8) is 0 Å². The van der Waals surface area contributed by atoms with Gasteiger partial charge in [0.2, 0.25) is 0 Å². The van der Waals surface area contributed by atoms with Gasteiger partial charge >= 0.3 is 0 Å². The van der Waals surface area contributed by atoms with Gasteiger partial charge in [0, 0.05) is 38.1 Å². The van der Waals surface area contributed by atoms with Crippen LogP contribution in [-0.2, 0) is 4.74 Å². The molecule has 2 aromatic carbocycles. The average Bonchev–Trinajstić information content (AvgIpc) is 3.51. The molecule has 2 fully saturated rings. The number of hydrogen-bond donors (Lipinski definition) is 1. The van der Waals surface area contributed by atoms with E-state index in [9.17, 15) is 0 Å². The molecule has 1 aromatic heterocycles. The van der Waals surface area contributed by atoms with Crippen LogP contribution in [0.25, 0.3) is 11.0 Å². The van der Waals surface area contributed by atoms with E-state index in [1.54, 1.807) is 6.33 Å². The zero-order valence-corrected chi connectivity index (χ0v) is 18.6. The molecule has 0 aliphatic carbocycles. The van der Waals surface area contributed by atoms with Crippen molar-refractivity contribution in [1.29, 1.82) is 0 Å². The van der Waals surface area contributed by atoms with E-state index in [0.717, 1.165) is 69.2 Å². The molecule has 2 unspecified atom stereocenters. The van der Waals surface area contributed by atoms with Crippen molar-refractivity contribution < 1.29 is 9.47 Å². The van der Waals surface area contributed by atoms with Crippen molar-refractivity contribution in [2.24, 2.45) is 0 Å². The molecule has 3 aliphatic heterocycles. The number of imidazole rings is 1. The van der Waals surface area contributed by atoms with Crippen LogP contribution in [0.1, 0.15) is 47.9 Å². The Morgan fingerprint density at radius 3 is 2.94 bits per heavy atom. The van der Waals surface area contributed by atoms with Crippen LogP contribution in [0, 0.1) is 0 Å². The van der Waals surface area contributed by atoms with Crippen LogP contribution < -0.4 is 4.74 Å². The van der Waals surface area contributed by atoms with Crippen LogP contribution in [0.15, 0.2) is 42.7 Å². The maximum absolute atomic E-state index is 6.21. The number of aromatic nitrogens is 2. The number of aromatic amines is 1. The highest BCUT2D eigenvalue weighted by Crippen LogP contribution is 2.45. The SMILES string of the molecule is c1nc2ccc(C3CN4CCCC4c4cc(OCCCN5CCOCC5)ccc43)cc2[nH]1. The Bertz CT molecular complexity index is 1070. The number of rotatable bonds is 6. The molecule has 6 heteroatoms. The van der Waals surface area contributed by atoms with Crippen molar-refractivity contribution in [3.05, 3.63) is 59.4 Å². The van der Waals surface area contributed by atoms with Crippen LogP contribution in [0.2, 0.25) is 0 Å². The molecule has 0 saturated carbocycles. The molecule has 168 valence electrons. The number of morpholine rings is 1. The number of nitrogens with one attached hydrogen (secondary N) is 1. The highest BCUT2D eigenvalue weighted by molar-refractivity contribution is 5.75. The van der Waals surface area contributed by atoms with Crippen LogP contribution in [0.4, 0.5) is 0 Å². The first-order chi connectivity index (χ1) is 15.8. The predicted molar refractivity (Wildman–Crippen MR) is 125 cm³/mol. The van der Waals surface area contributed by atoms with Crippen molar-refractivity contribution in [2.45, 2.75) is 31.2 Å². The van der Waals surface area contributed by atoms with Gasteiger partial charge in [0.15, 0.2) is 0 Å². The molecular formula is C26H32N4O2. The molecule has 2 saturated heterocycles. The van der Waals surface area contributed by atoms with E-state index in [1.165, 1.54) is 36.1 Å². The third kappa shape index (κ3) is 3.91. The third-order valence-electron chi connectivity index (χ3n) is 7.41. The number of ether oxygens (including phenoxy) is 2. The average molecular weight is 433 g/mol. The predicted octanol–water partition coefficient (Wildman–Crippen LogP) is 3.95. The summed E-state index contributed by atoms with van der Waals surface area (Å²) in [4.78, 5) is 12.8. The zero-order valence-electron chi connectivity index (χ0n) is 18.6. The van der Waals surface area contributed by atoms with E-state index < -0.39 is 0 Å². The molecule has 1 N–H and O–H groups in total. The summed E-state index contributed by atoms with van der Waals surface area (Å²) in [5, 5.41) is 0. The summed E-state index contributed by atoms with van der Waals surface area (Å²) in [7, 11) is 0. The first kappa shape index (κ1) is 20.2. The molecule has 3 aromatic rings. The Kier molecular flexibility index (Phi) is 5.59. The summed E-state index contributed by atoms with van der Waals surface area (Å²) in [6.45, 7) is 7.95. The van der Waals surface area contributed by atoms with Gasteiger partial charge in [0.05, 0.1) is 37.2 Å². The van der Waals surface area contributed by atoms with Crippen molar-refractivity contribution in [2.75, 3.05) is 52.5 Å². The molecule has 0 radical (unpaired) electrons. The van der Waals surface area contributed by atoms with Gasteiger partial charge < -0.3 is 14.5 Å². The first-order valence-corrected chi connectivity index (χ1v) is 12.1. The Hall–Kier alpha value is -2.41. The Morgan fingerprint density at radius 2 is 2.00 bits per heavy atom. The van der Waals surface area contributed by atoms with Crippen LogP contribution in [0.3, 0.4) is 0 Å². The summed E-state index contributed by atoms with van der Waals surface area (Å²) in [5.41, 5.74) is 6.45. The lowest BCUT2D eigenvalue weighted by molar-refractivity contribution is 0.0358. The van der Waals surface area contributed by atoms with E-state index in [-0.39, 0.29) is 0 Å². The molecule has 32 heavy (non-hydrogen) atoms. The minimum absolute atomic E-state index is 0.391. The van der Waals surface area contributed by atoms with Crippen LogP contribution in [0.5, 0.6) is 5.75 Å². The number of H-pyrrole nitrogens is 1. The summed E-state index contributed by atoms with van der Waals surface area (Å²) >= 11 is 0. The quantitative estimate of drug-likeness (QED) is 0.598. The molecule has 3 aliphatic rings. The van der Waals surface area contributed by atoms with Crippen molar-refractivity contribution >= 4 is 11.0 Å². The van der Waals surface area contributed by atoms with Crippen molar-refractivity contribution in [3.8, 4) is 5.75 Å². The Labute approximate surface area is 189 Å². The van der Waals surface area contributed by atoms with E-state index in [2.05, 4.69) is 56.2 Å². The summed E-state index contributed by atoms with van der Waals surface area (Å²) < 4.78 is 11.6. The monoisotopic (exact) mass is 432 g/mol. The molecule has 0 bridgehead atoms. The first-order valence-electron chi connectivity index (χ1n) is 12.1. The fourth-order valence-electron chi connectivity index (χ4n) is 5.74. The lowest BCUT2D eigenvalue weighted by Crippen LogP contribution is -2.37. The van der Waals surface area contributed by atoms with Gasteiger partial charge in [-0.25, -0.2) is 4.98 Å². The van der Waals surface area contributed by atoms with Crippen molar-refractivity contribution in [1.82, 2.24) is 19.8 Å². The fourth-order valence-corrected chi connectivity index (χ4v) is 5.74. The van der Waals surface area contributed by atoms with Gasteiger partial charge in [-0.1, -0.05) is 12.1 Å². The summed E-state index contributed by atoms with van der Waals surface area (Å²) in [5.74, 6) is 1.41. The van der Waals surface area contributed by atoms with Crippen LogP contribution >= 0.6 is 0 Å². The maximum Gasteiger partial charge on any atom is 0.119 e. The van der Waals surface area contributed by atoms with E-state index >= 15 is 0 Å². The normalized spacial score (nSPS) is 23.9. The molecule has 0 spiro atoms. The third-order valence-corrected chi connectivity index (χ3v) is 7.41. The zero-order chi connectivity index (χ0) is 21.3. The number of hydrogen-bond acceptors (Lipinski definition) is 5. The maximum atomic E-state index is 6.21. The lowest BCUT2D eigenvalue weighted by Gasteiger charge is -2.37. The van der Waals surface area contributed by atoms with E-state index in [1.807, 2.05) is 0 Å². The molecule has 0 amide bonds. The highest BCUT2D eigenvalue weighted by Gasteiger charge is 2.36. The standard InChI is InChI=1S/C26H32N4O2/c1-3-26-22-16-20(32-12-2-8-29-10-13-31-14-11-29)5-6-21(22)23(17-30(26)9-1)19-4-7-24-25(15-19)28-18-27-24/h4-7,15-16,18,23,26H,1-3,8-14,17H2,(H,27,28). The topological polar surface area (TPSA) is 53.6 Å². The summed E-state index contributed by atoms with van der Waals surface area (Å²) in [6.07, 6.45) is 5.36. The Balaban J connectivity index is 1.20. The smallest absolute Gasteiger partial charge is 0.119 e. The fraction of sp³-hybridized carbons (Fsp3) is 0.500. The number of benzene rings is 2. The second kappa shape index (κ2) is 8.85. The largest absolute Gasteiger partial charge is 0.494 e. The second-order valence-electron chi connectivity index (χ2n) is 9.33. The minimum atomic E-state index is 0.391. The number of fused-ring (bicyclic) bond motifs is 4. The van der Waals surface area contributed by atoms with Gasteiger partial charge in [-0.3, -0.25) is 9.80 Å². The van der Waals surface area contributed by atoms with Gasteiger partial charge in [0.1, 0.15) is 5.75 Å². The van der Waals surface area contributed by atoms with Gasteiger partial charge in [-0.05, 0) is 66.8 Å². The molecule has 6 nitrogen and oxygen atoms in total. The molecule has 6 rings (SSSR count).